The van der Waals surface area contributed by atoms with Crippen LogP contribution in [0, 0.1) is 0 Å². The molecule has 136 valence electrons. The monoisotopic (exact) mass is 356 g/mol. The number of carbonyl (C=O) groups is 1. The number of carboxylic acids is 1. The molecule has 26 heavy (non-hydrogen) atoms. The first-order chi connectivity index (χ1) is 12.6. The average Bonchev–Trinajstić information content (AvgIpc) is 3.03. The summed E-state index contributed by atoms with van der Waals surface area (Å²) in [5.41, 5.74) is 2.45. The van der Waals surface area contributed by atoms with E-state index in [9.17, 15) is 9.90 Å². The fourth-order valence-electron chi connectivity index (χ4n) is 3.14. The molecule has 0 saturated carbocycles. The van der Waals surface area contributed by atoms with Gasteiger partial charge < -0.3 is 24.4 Å². The van der Waals surface area contributed by atoms with Crippen molar-refractivity contribution in [1.82, 2.24) is 0 Å². The minimum Gasteiger partial charge on any atom is -0.493 e. The molecule has 0 aromatic heterocycles. The van der Waals surface area contributed by atoms with Gasteiger partial charge in [-0.3, -0.25) is 0 Å². The van der Waals surface area contributed by atoms with Crippen molar-refractivity contribution in [1.29, 1.82) is 0 Å². The van der Waals surface area contributed by atoms with Gasteiger partial charge in [-0.15, -0.1) is 0 Å². The predicted octanol–water partition coefficient (Wildman–Crippen LogP) is 3.01. The number of carboxylic acid groups (broad SMARTS) is 1. The molecule has 2 aromatic carbocycles. The minimum atomic E-state index is -1.01. The van der Waals surface area contributed by atoms with Crippen molar-refractivity contribution in [2.45, 2.75) is 12.0 Å². The fourth-order valence-corrected chi connectivity index (χ4v) is 3.14. The van der Waals surface area contributed by atoms with Crippen molar-refractivity contribution >= 4 is 12.0 Å². The number of benzene rings is 2. The lowest BCUT2D eigenvalue weighted by Crippen LogP contribution is -2.13. The van der Waals surface area contributed by atoms with E-state index in [4.69, 9.17) is 19.3 Å². The molecule has 1 aliphatic rings. The maximum Gasteiger partial charge on any atom is 0.328 e. The van der Waals surface area contributed by atoms with Crippen molar-refractivity contribution < 1.29 is 29.2 Å². The van der Waals surface area contributed by atoms with Gasteiger partial charge in [-0.25, -0.2) is 4.79 Å². The normalized spacial score (nSPS) is 18.4. The predicted molar refractivity (Wildman–Crippen MR) is 95.9 cm³/mol. The van der Waals surface area contributed by atoms with Crippen LogP contribution < -0.4 is 14.2 Å². The summed E-state index contributed by atoms with van der Waals surface area (Å²) in [4.78, 5) is 10.7. The zero-order valence-electron chi connectivity index (χ0n) is 14.5. The van der Waals surface area contributed by atoms with Crippen molar-refractivity contribution in [3.8, 4) is 17.2 Å². The lowest BCUT2D eigenvalue weighted by molar-refractivity contribution is -0.131. The molecule has 0 spiro atoms. The summed E-state index contributed by atoms with van der Waals surface area (Å²) in [6.07, 6.45) is 2.23. The van der Waals surface area contributed by atoms with Crippen molar-refractivity contribution in [3.63, 3.8) is 0 Å². The summed E-state index contributed by atoms with van der Waals surface area (Å²) < 4.78 is 16.7. The van der Waals surface area contributed by atoms with E-state index < -0.39 is 5.97 Å². The summed E-state index contributed by atoms with van der Waals surface area (Å²) in [5, 5.41) is 18.7. The molecule has 0 bridgehead atoms. The zero-order chi connectivity index (χ0) is 18.7. The molecule has 2 aromatic rings. The fraction of sp³-hybridized carbons (Fsp3) is 0.250. The Bertz CT molecular complexity index is 842. The Labute approximate surface area is 151 Å². The van der Waals surface area contributed by atoms with E-state index in [0.29, 0.717) is 17.2 Å². The third-order valence-electron chi connectivity index (χ3n) is 4.40. The van der Waals surface area contributed by atoms with Gasteiger partial charge in [0.1, 0.15) is 11.9 Å². The molecule has 0 fully saturated rings. The number of fused-ring (bicyclic) bond motifs is 1. The SMILES string of the molecule is COc1ccc(C2Oc3ccc(/C=C/C(=O)O)cc3C2CO)cc1OC. The molecule has 6 heteroatoms. The Hall–Kier alpha value is -2.99. The van der Waals surface area contributed by atoms with E-state index in [2.05, 4.69) is 0 Å². The first-order valence-corrected chi connectivity index (χ1v) is 8.11. The van der Waals surface area contributed by atoms with Gasteiger partial charge in [-0.1, -0.05) is 12.1 Å². The number of methoxy groups -OCH3 is 2. The summed E-state index contributed by atoms with van der Waals surface area (Å²) in [6, 6.07) is 10.9. The number of aliphatic hydroxyl groups excluding tert-OH is 1. The molecule has 0 aliphatic carbocycles. The van der Waals surface area contributed by atoms with Crippen LogP contribution in [0.3, 0.4) is 0 Å². The summed E-state index contributed by atoms with van der Waals surface area (Å²) in [6.45, 7) is -0.0991. The molecule has 0 saturated heterocycles. The van der Waals surface area contributed by atoms with Crippen LogP contribution in [0.25, 0.3) is 6.08 Å². The number of aliphatic hydroxyl groups is 1. The second-order valence-electron chi connectivity index (χ2n) is 5.91. The van der Waals surface area contributed by atoms with Gasteiger partial charge >= 0.3 is 5.97 Å². The molecular weight excluding hydrogens is 336 g/mol. The first kappa shape index (κ1) is 17.8. The van der Waals surface area contributed by atoms with Gasteiger partial charge in [0.2, 0.25) is 0 Å². The highest BCUT2D eigenvalue weighted by molar-refractivity contribution is 5.85. The van der Waals surface area contributed by atoms with Gasteiger partial charge in [0.15, 0.2) is 11.5 Å². The largest absolute Gasteiger partial charge is 0.493 e. The van der Waals surface area contributed by atoms with Gasteiger partial charge in [0, 0.05) is 11.6 Å². The van der Waals surface area contributed by atoms with Crippen LogP contribution in [0.1, 0.15) is 28.7 Å². The second-order valence-corrected chi connectivity index (χ2v) is 5.91. The van der Waals surface area contributed by atoms with Crippen LogP contribution in [0.15, 0.2) is 42.5 Å². The van der Waals surface area contributed by atoms with Crippen LogP contribution in [-0.2, 0) is 4.79 Å². The maximum atomic E-state index is 10.7. The second kappa shape index (κ2) is 7.49. The topological polar surface area (TPSA) is 85.2 Å². The van der Waals surface area contributed by atoms with E-state index >= 15 is 0 Å². The van der Waals surface area contributed by atoms with Crippen molar-refractivity contribution in [2.24, 2.45) is 0 Å². The van der Waals surface area contributed by atoms with Crippen LogP contribution in [-0.4, -0.2) is 37.0 Å². The molecule has 1 aliphatic heterocycles. The Kier molecular flexibility index (Phi) is 5.14. The third kappa shape index (κ3) is 3.36. The maximum absolute atomic E-state index is 10.7. The standard InChI is InChI=1S/C20H20O6/c1-24-17-7-5-13(10-18(17)25-2)20-15(11-21)14-9-12(4-8-19(22)23)3-6-16(14)26-20/h3-10,15,20-21H,11H2,1-2H3,(H,22,23)/b8-4+. The number of aliphatic carboxylic acids is 1. The molecule has 2 atom stereocenters. The number of ether oxygens (including phenoxy) is 3. The highest BCUT2D eigenvalue weighted by Gasteiger charge is 2.35. The van der Waals surface area contributed by atoms with Crippen LogP contribution in [0.4, 0.5) is 0 Å². The lowest BCUT2D eigenvalue weighted by Gasteiger charge is -2.19. The number of rotatable bonds is 6. The van der Waals surface area contributed by atoms with E-state index in [-0.39, 0.29) is 18.6 Å². The average molecular weight is 356 g/mol. The van der Waals surface area contributed by atoms with E-state index in [1.54, 1.807) is 32.4 Å². The number of hydrogen-bond donors (Lipinski definition) is 2. The lowest BCUT2D eigenvalue weighted by atomic mass is 9.90. The molecule has 0 radical (unpaired) electrons. The molecule has 2 N–H and O–H groups in total. The van der Waals surface area contributed by atoms with Gasteiger partial charge in [-0.05, 0) is 41.5 Å². The first-order valence-electron chi connectivity index (χ1n) is 8.11. The smallest absolute Gasteiger partial charge is 0.328 e. The Morgan fingerprint density at radius 1 is 1.15 bits per heavy atom. The zero-order valence-corrected chi connectivity index (χ0v) is 14.5. The van der Waals surface area contributed by atoms with E-state index in [1.807, 2.05) is 18.2 Å². The van der Waals surface area contributed by atoms with Crippen LogP contribution >= 0.6 is 0 Å². The van der Waals surface area contributed by atoms with Gasteiger partial charge in [-0.2, -0.15) is 0 Å². The molecular formula is C20H20O6. The van der Waals surface area contributed by atoms with Crippen molar-refractivity contribution in [3.05, 3.63) is 59.2 Å². The summed E-state index contributed by atoms with van der Waals surface area (Å²) in [7, 11) is 3.14. The molecule has 6 nitrogen and oxygen atoms in total. The highest BCUT2D eigenvalue weighted by atomic mass is 16.5. The molecule has 3 rings (SSSR count). The van der Waals surface area contributed by atoms with Gasteiger partial charge in [0.25, 0.3) is 0 Å². The van der Waals surface area contributed by atoms with Crippen molar-refractivity contribution in [2.75, 3.05) is 20.8 Å². The minimum absolute atomic E-state index is 0.0991. The molecule has 0 amide bonds. The van der Waals surface area contributed by atoms with E-state index in [1.165, 1.54) is 6.08 Å². The molecule has 1 heterocycles. The third-order valence-corrected chi connectivity index (χ3v) is 4.40. The molecule has 2 unspecified atom stereocenters. The Morgan fingerprint density at radius 2 is 1.92 bits per heavy atom. The number of hydrogen-bond acceptors (Lipinski definition) is 5. The summed E-state index contributed by atoms with van der Waals surface area (Å²) in [5.74, 6) is 0.612. The van der Waals surface area contributed by atoms with Gasteiger partial charge in [0.05, 0.1) is 26.7 Å². The quantitative estimate of drug-likeness (QED) is 0.774. The van der Waals surface area contributed by atoms with Crippen LogP contribution in [0.5, 0.6) is 17.2 Å². The highest BCUT2D eigenvalue weighted by Crippen LogP contribution is 2.47. The van der Waals surface area contributed by atoms with Crippen LogP contribution in [0.2, 0.25) is 0 Å². The Balaban J connectivity index is 1.94. The Morgan fingerprint density at radius 3 is 2.58 bits per heavy atom. The summed E-state index contributed by atoms with van der Waals surface area (Å²) >= 11 is 0. The van der Waals surface area contributed by atoms with E-state index in [0.717, 1.165) is 22.8 Å².